The number of anilines is 1. The van der Waals surface area contributed by atoms with Crippen molar-refractivity contribution in [1.82, 2.24) is 0 Å². The van der Waals surface area contributed by atoms with Crippen molar-refractivity contribution in [2.75, 3.05) is 11.6 Å². The molecular weight excluding hydrogens is 399 g/mol. The third kappa shape index (κ3) is 5.32. The van der Waals surface area contributed by atoms with Gasteiger partial charge in [0, 0.05) is 6.26 Å². The van der Waals surface area contributed by atoms with Crippen LogP contribution >= 0.6 is 0 Å². The molecule has 0 radical (unpaired) electrons. The number of hydrogen-bond acceptors (Lipinski definition) is 5. The highest BCUT2D eigenvalue weighted by molar-refractivity contribution is 7.90. The number of esters is 1. The number of amides is 1. The predicted molar refractivity (Wildman–Crippen MR) is 94.5 cm³/mol. The van der Waals surface area contributed by atoms with Gasteiger partial charge in [0.25, 0.3) is 5.91 Å². The molecular formula is C18H16F3NO5S. The van der Waals surface area contributed by atoms with E-state index >= 15 is 0 Å². The maximum Gasteiger partial charge on any atom is 0.418 e. The van der Waals surface area contributed by atoms with Gasteiger partial charge in [-0.1, -0.05) is 12.1 Å². The lowest BCUT2D eigenvalue weighted by Gasteiger charge is -2.17. The molecule has 0 bridgehead atoms. The van der Waals surface area contributed by atoms with Crippen LogP contribution in [0.5, 0.6) is 0 Å². The SMILES string of the molecule is C[C@H](OC(=O)c1ccc(S(C)(=O)=O)cc1)C(=O)Nc1ccccc1C(F)(F)F. The molecule has 0 unspecified atom stereocenters. The van der Waals surface area contributed by atoms with Gasteiger partial charge in [-0.15, -0.1) is 0 Å². The van der Waals surface area contributed by atoms with Crippen molar-refractivity contribution >= 4 is 27.4 Å². The number of carbonyl (C=O) groups excluding carboxylic acids is 2. The number of sulfone groups is 1. The highest BCUT2D eigenvalue weighted by atomic mass is 32.2. The zero-order chi connectivity index (χ0) is 21.1. The van der Waals surface area contributed by atoms with Gasteiger partial charge in [-0.25, -0.2) is 13.2 Å². The van der Waals surface area contributed by atoms with Crippen LogP contribution in [-0.2, 0) is 25.5 Å². The molecule has 2 aromatic carbocycles. The summed E-state index contributed by atoms with van der Waals surface area (Å²) in [7, 11) is -3.44. The standard InChI is InChI=1S/C18H16F3NO5S/c1-11(16(23)22-15-6-4-3-5-14(15)18(19,20)21)27-17(24)12-7-9-13(10-8-12)28(2,25)26/h3-11H,1-2H3,(H,22,23)/t11-/m0/s1. The minimum Gasteiger partial charge on any atom is -0.449 e. The Labute approximate surface area is 159 Å². The molecule has 150 valence electrons. The van der Waals surface area contributed by atoms with E-state index in [0.717, 1.165) is 18.4 Å². The molecule has 0 heterocycles. The summed E-state index contributed by atoms with van der Waals surface area (Å²) in [5.74, 6) is -1.87. The Morgan fingerprint density at radius 3 is 2.14 bits per heavy atom. The highest BCUT2D eigenvalue weighted by Crippen LogP contribution is 2.34. The van der Waals surface area contributed by atoms with E-state index in [-0.39, 0.29) is 10.5 Å². The van der Waals surface area contributed by atoms with Crippen LogP contribution in [-0.4, -0.2) is 32.7 Å². The van der Waals surface area contributed by atoms with Crippen LogP contribution in [0.1, 0.15) is 22.8 Å². The number of carbonyl (C=O) groups is 2. The van der Waals surface area contributed by atoms with E-state index in [1.807, 2.05) is 0 Å². The molecule has 1 atom stereocenters. The second-order valence-electron chi connectivity index (χ2n) is 5.88. The van der Waals surface area contributed by atoms with Gasteiger partial charge < -0.3 is 10.1 Å². The van der Waals surface area contributed by atoms with Gasteiger partial charge in [-0.2, -0.15) is 13.2 Å². The van der Waals surface area contributed by atoms with Crippen LogP contribution in [0.3, 0.4) is 0 Å². The monoisotopic (exact) mass is 415 g/mol. The molecule has 0 saturated heterocycles. The molecule has 2 aromatic rings. The van der Waals surface area contributed by atoms with Crippen molar-refractivity contribution in [2.45, 2.75) is 24.1 Å². The third-order valence-electron chi connectivity index (χ3n) is 3.66. The van der Waals surface area contributed by atoms with E-state index in [9.17, 15) is 31.2 Å². The number of rotatable bonds is 5. The van der Waals surface area contributed by atoms with E-state index in [2.05, 4.69) is 5.32 Å². The molecule has 2 rings (SSSR count). The summed E-state index contributed by atoms with van der Waals surface area (Å²) < 4.78 is 66.7. The number of halogens is 3. The predicted octanol–water partition coefficient (Wildman–Crippen LogP) is 3.29. The fourth-order valence-electron chi connectivity index (χ4n) is 2.19. The summed E-state index contributed by atoms with van der Waals surface area (Å²) in [5.41, 5.74) is -1.50. The summed E-state index contributed by atoms with van der Waals surface area (Å²) in [5, 5.41) is 2.09. The molecule has 0 aliphatic rings. The second kappa shape index (κ2) is 8.01. The minimum absolute atomic E-state index is 0.00130. The van der Waals surface area contributed by atoms with Gasteiger partial charge in [0.05, 0.1) is 21.7 Å². The number of para-hydroxylation sites is 1. The summed E-state index contributed by atoms with van der Waals surface area (Å²) in [6, 6.07) is 9.23. The lowest BCUT2D eigenvalue weighted by atomic mass is 10.1. The Hall–Kier alpha value is -2.88. The average molecular weight is 415 g/mol. The zero-order valence-corrected chi connectivity index (χ0v) is 15.6. The van der Waals surface area contributed by atoms with Crippen molar-refractivity contribution < 1.29 is 35.9 Å². The Morgan fingerprint density at radius 2 is 1.61 bits per heavy atom. The van der Waals surface area contributed by atoms with E-state index in [1.165, 1.54) is 43.3 Å². The summed E-state index contributed by atoms with van der Waals surface area (Å²) in [6.07, 6.45) is -5.04. The fraction of sp³-hybridized carbons (Fsp3) is 0.222. The number of hydrogen-bond donors (Lipinski definition) is 1. The summed E-state index contributed by atoms with van der Waals surface area (Å²) in [6.45, 7) is 1.20. The van der Waals surface area contributed by atoms with Crippen LogP contribution in [0.15, 0.2) is 53.4 Å². The number of nitrogens with one attached hydrogen (secondary N) is 1. The highest BCUT2D eigenvalue weighted by Gasteiger charge is 2.34. The number of ether oxygens (including phenoxy) is 1. The summed E-state index contributed by atoms with van der Waals surface area (Å²) in [4.78, 5) is 24.2. The molecule has 10 heteroatoms. The minimum atomic E-state index is -4.66. The molecule has 0 spiro atoms. The Balaban J connectivity index is 2.08. The van der Waals surface area contributed by atoms with Gasteiger partial charge in [-0.05, 0) is 43.3 Å². The maximum absolute atomic E-state index is 13.0. The molecule has 0 fully saturated rings. The lowest BCUT2D eigenvalue weighted by molar-refractivity contribution is -0.137. The van der Waals surface area contributed by atoms with Gasteiger partial charge in [0.2, 0.25) is 0 Å². The van der Waals surface area contributed by atoms with Crippen LogP contribution < -0.4 is 5.32 Å². The van der Waals surface area contributed by atoms with Gasteiger partial charge in [0.15, 0.2) is 15.9 Å². The first-order valence-corrected chi connectivity index (χ1v) is 9.77. The van der Waals surface area contributed by atoms with Gasteiger partial charge >= 0.3 is 12.1 Å². The van der Waals surface area contributed by atoms with E-state index < -0.39 is 45.2 Å². The average Bonchev–Trinajstić information content (AvgIpc) is 2.60. The van der Waals surface area contributed by atoms with E-state index in [1.54, 1.807) is 0 Å². The third-order valence-corrected chi connectivity index (χ3v) is 4.79. The molecule has 0 aliphatic heterocycles. The smallest absolute Gasteiger partial charge is 0.418 e. The zero-order valence-electron chi connectivity index (χ0n) is 14.8. The van der Waals surface area contributed by atoms with Gasteiger partial charge in [-0.3, -0.25) is 4.79 Å². The Bertz CT molecular complexity index is 985. The molecule has 6 nitrogen and oxygen atoms in total. The second-order valence-corrected chi connectivity index (χ2v) is 7.89. The molecule has 28 heavy (non-hydrogen) atoms. The van der Waals surface area contributed by atoms with Crippen LogP contribution in [0.4, 0.5) is 18.9 Å². The largest absolute Gasteiger partial charge is 0.449 e. The first kappa shape index (κ1) is 21.4. The molecule has 1 N–H and O–H groups in total. The van der Waals surface area contributed by atoms with Crippen LogP contribution in [0, 0.1) is 0 Å². The molecule has 0 saturated carbocycles. The summed E-state index contributed by atoms with van der Waals surface area (Å²) >= 11 is 0. The van der Waals surface area contributed by atoms with Crippen molar-refractivity contribution in [3.63, 3.8) is 0 Å². The van der Waals surface area contributed by atoms with Gasteiger partial charge in [0.1, 0.15) is 0 Å². The maximum atomic E-state index is 13.0. The first-order valence-electron chi connectivity index (χ1n) is 7.88. The van der Waals surface area contributed by atoms with Crippen molar-refractivity contribution in [2.24, 2.45) is 0 Å². The first-order chi connectivity index (χ1) is 12.9. The quantitative estimate of drug-likeness (QED) is 0.757. The van der Waals surface area contributed by atoms with Crippen molar-refractivity contribution in [1.29, 1.82) is 0 Å². The molecule has 1 amide bonds. The van der Waals surface area contributed by atoms with E-state index in [0.29, 0.717) is 0 Å². The number of benzene rings is 2. The van der Waals surface area contributed by atoms with Crippen LogP contribution in [0.2, 0.25) is 0 Å². The molecule has 0 aromatic heterocycles. The van der Waals surface area contributed by atoms with E-state index in [4.69, 9.17) is 4.74 Å². The molecule has 0 aliphatic carbocycles. The normalized spacial score (nSPS) is 12.9. The lowest BCUT2D eigenvalue weighted by Crippen LogP contribution is -2.30. The Morgan fingerprint density at radius 1 is 1.04 bits per heavy atom. The van der Waals surface area contributed by atoms with Crippen LogP contribution in [0.25, 0.3) is 0 Å². The Kier molecular flexibility index (Phi) is 6.13. The number of alkyl halides is 3. The topological polar surface area (TPSA) is 89.5 Å². The fourth-order valence-corrected chi connectivity index (χ4v) is 2.82. The van der Waals surface area contributed by atoms with Crippen molar-refractivity contribution in [3.8, 4) is 0 Å². The van der Waals surface area contributed by atoms with Crippen molar-refractivity contribution in [3.05, 3.63) is 59.7 Å².